The molecule has 0 aromatic heterocycles. The average molecular weight is 507 g/mol. The number of rotatable bonds is 14. The van der Waals surface area contributed by atoms with E-state index in [1.807, 2.05) is 30.3 Å². The van der Waals surface area contributed by atoms with Gasteiger partial charge in [-0.3, -0.25) is 9.59 Å². The highest BCUT2D eigenvalue weighted by Crippen LogP contribution is 2.36. The van der Waals surface area contributed by atoms with Crippen molar-refractivity contribution in [3.05, 3.63) is 35.9 Å². The zero-order chi connectivity index (χ0) is 26.1. The lowest BCUT2D eigenvalue weighted by atomic mass is 10.0. The number of carbonyl (C=O) groups is 3. The van der Waals surface area contributed by atoms with Crippen LogP contribution in [0.4, 0.5) is 0 Å². The van der Waals surface area contributed by atoms with Crippen LogP contribution in [0.15, 0.2) is 30.3 Å². The summed E-state index contributed by atoms with van der Waals surface area (Å²) in [4.78, 5) is 37.3. The first-order valence-electron chi connectivity index (χ1n) is 12.5. The summed E-state index contributed by atoms with van der Waals surface area (Å²) in [5.74, 6) is -1.27. The Kier molecular flexibility index (Phi) is 10.9. The van der Waals surface area contributed by atoms with E-state index >= 15 is 0 Å². The number of epoxide rings is 1. The maximum atomic E-state index is 12.9. The molecule has 2 amide bonds. The van der Waals surface area contributed by atoms with Gasteiger partial charge in [0, 0.05) is 13.2 Å². The average Bonchev–Trinajstić information content (AvgIpc) is 3.60. The van der Waals surface area contributed by atoms with Crippen molar-refractivity contribution >= 4 is 26.1 Å². The van der Waals surface area contributed by atoms with Crippen molar-refractivity contribution in [2.24, 2.45) is 0 Å². The van der Waals surface area contributed by atoms with E-state index in [0.717, 1.165) is 18.4 Å². The normalized spacial score (nSPS) is 18.5. The van der Waals surface area contributed by atoms with E-state index < -0.39 is 38.4 Å². The molecule has 196 valence electrons. The minimum absolute atomic E-state index is 0.170. The van der Waals surface area contributed by atoms with E-state index in [4.69, 9.17) is 13.9 Å². The summed E-state index contributed by atoms with van der Waals surface area (Å²) in [6.45, 7) is 14.2. The molecule has 1 aliphatic rings. The summed E-state index contributed by atoms with van der Waals surface area (Å²) in [5.41, 5.74) is 1.08. The summed E-state index contributed by atoms with van der Waals surface area (Å²) in [5, 5.41) is 5.87. The Morgan fingerprint density at radius 3 is 2.40 bits per heavy atom. The second-order valence-electron chi connectivity index (χ2n) is 10.4. The van der Waals surface area contributed by atoms with E-state index in [9.17, 15) is 14.4 Å². The third-order valence-corrected chi connectivity index (χ3v) is 11.1. The molecule has 1 fully saturated rings. The molecule has 0 bridgehead atoms. The van der Waals surface area contributed by atoms with Gasteiger partial charge in [-0.1, -0.05) is 51.1 Å². The summed E-state index contributed by atoms with van der Waals surface area (Å²) < 4.78 is 16.3. The summed E-state index contributed by atoms with van der Waals surface area (Å²) >= 11 is 0. The molecule has 8 nitrogen and oxygen atoms in total. The van der Waals surface area contributed by atoms with Gasteiger partial charge in [0.1, 0.15) is 6.04 Å². The van der Waals surface area contributed by atoms with Crippen molar-refractivity contribution < 1.29 is 28.3 Å². The molecule has 0 aliphatic carbocycles. The van der Waals surface area contributed by atoms with Crippen LogP contribution in [0.25, 0.3) is 0 Å². The van der Waals surface area contributed by atoms with E-state index in [-0.39, 0.29) is 17.6 Å². The number of unbranched alkanes of at least 4 members (excludes halogenated alkanes) is 1. The highest BCUT2D eigenvalue weighted by molar-refractivity contribution is 6.74. The van der Waals surface area contributed by atoms with Gasteiger partial charge >= 0.3 is 5.97 Å². The van der Waals surface area contributed by atoms with Crippen LogP contribution in [0.3, 0.4) is 0 Å². The number of esters is 1. The number of carbonyl (C=O) groups excluding carboxylic acids is 3. The van der Waals surface area contributed by atoms with Crippen LogP contribution < -0.4 is 10.6 Å². The molecular weight excluding hydrogens is 464 g/mol. The molecule has 0 saturated carbocycles. The third-order valence-electron chi connectivity index (χ3n) is 6.61. The molecule has 0 unspecified atom stereocenters. The highest BCUT2D eigenvalue weighted by Gasteiger charge is 2.52. The molecule has 1 aromatic carbocycles. The fraction of sp³-hybridized carbons (Fsp3) is 0.654. The van der Waals surface area contributed by atoms with Crippen LogP contribution in [0.5, 0.6) is 0 Å². The van der Waals surface area contributed by atoms with Crippen LogP contribution in [0.1, 0.15) is 52.5 Å². The minimum Gasteiger partial charge on any atom is -0.464 e. The van der Waals surface area contributed by atoms with Gasteiger partial charge in [0.25, 0.3) is 5.91 Å². The Bertz CT molecular complexity index is 840. The second kappa shape index (κ2) is 13.2. The van der Waals surface area contributed by atoms with E-state index in [2.05, 4.69) is 44.5 Å². The number of benzene rings is 1. The van der Waals surface area contributed by atoms with Gasteiger partial charge in [0.15, 0.2) is 20.5 Å². The molecule has 2 rings (SSSR count). The Hall–Kier alpha value is -2.23. The lowest BCUT2D eigenvalue weighted by Gasteiger charge is -2.36. The molecule has 1 saturated heterocycles. The Balaban J connectivity index is 1.83. The standard InChI is InChI=1S/C26H42N2O6Si/c1-7-32-25(31)22-21(34-22)24(30)28-20(16-15-19-13-9-8-10-14-19)23(29)27-17-11-12-18-33-35(5,6)26(2,3)4/h8-10,13-14,20-22H,7,11-12,15-18H2,1-6H3,(H,27,29)(H,28,30)/t20-,21-,22-/m0/s1. The van der Waals surface area contributed by atoms with Crippen LogP contribution in [0, 0.1) is 0 Å². The largest absolute Gasteiger partial charge is 0.464 e. The first-order chi connectivity index (χ1) is 16.5. The fourth-order valence-corrected chi connectivity index (χ4v) is 4.39. The monoisotopic (exact) mass is 506 g/mol. The molecule has 1 aliphatic heterocycles. The van der Waals surface area contributed by atoms with Crippen LogP contribution in [0.2, 0.25) is 18.1 Å². The van der Waals surface area contributed by atoms with Crippen molar-refractivity contribution in [1.29, 1.82) is 0 Å². The molecule has 3 atom stereocenters. The van der Waals surface area contributed by atoms with Crippen LogP contribution in [-0.4, -0.2) is 64.1 Å². The van der Waals surface area contributed by atoms with Crippen molar-refractivity contribution in [2.45, 2.75) is 89.8 Å². The molecule has 1 heterocycles. The Morgan fingerprint density at radius 1 is 1.09 bits per heavy atom. The summed E-state index contributed by atoms with van der Waals surface area (Å²) in [7, 11) is -1.77. The smallest absolute Gasteiger partial charge is 0.338 e. The van der Waals surface area contributed by atoms with Crippen LogP contribution >= 0.6 is 0 Å². The molecule has 2 N–H and O–H groups in total. The first kappa shape index (κ1) is 29.0. The van der Waals surface area contributed by atoms with Gasteiger partial charge in [0.2, 0.25) is 5.91 Å². The Labute approximate surface area is 210 Å². The second-order valence-corrected chi connectivity index (χ2v) is 15.2. The zero-order valence-corrected chi connectivity index (χ0v) is 23.0. The maximum absolute atomic E-state index is 12.9. The van der Waals surface area contributed by atoms with Crippen molar-refractivity contribution in [3.8, 4) is 0 Å². The van der Waals surface area contributed by atoms with Crippen molar-refractivity contribution in [1.82, 2.24) is 10.6 Å². The van der Waals surface area contributed by atoms with E-state index in [1.54, 1.807) is 6.92 Å². The van der Waals surface area contributed by atoms with Gasteiger partial charge in [-0.25, -0.2) is 4.79 Å². The minimum atomic E-state index is -1.77. The summed E-state index contributed by atoms with van der Waals surface area (Å²) in [6, 6.07) is 9.07. The number of nitrogens with one attached hydrogen (secondary N) is 2. The van der Waals surface area contributed by atoms with Gasteiger partial charge < -0.3 is 24.5 Å². The third kappa shape index (κ3) is 9.38. The summed E-state index contributed by atoms with van der Waals surface area (Å²) in [6.07, 6.45) is 0.905. The number of ether oxygens (including phenoxy) is 2. The number of hydrogen-bond donors (Lipinski definition) is 2. The quantitative estimate of drug-likeness (QED) is 0.173. The zero-order valence-electron chi connectivity index (χ0n) is 22.0. The molecule has 35 heavy (non-hydrogen) atoms. The molecule has 1 aromatic rings. The molecular formula is C26H42N2O6Si. The first-order valence-corrected chi connectivity index (χ1v) is 15.4. The van der Waals surface area contributed by atoms with Crippen molar-refractivity contribution in [2.75, 3.05) is 19.8 Å². The lowest BCUT2D eigenvalue weighted by Crippen LogP contribution is -2.49. The predicted molar refractivity (Wildman–Crippen MR) is 137 cm³/mol. The van der Waals surface area contributed by atoms with Crippen molar-refractivity contribution in [3.63, 3.8) is 0 Å². The predicted octanol–water partition coefficient (Wildman–Crippen LogP) is 3.35. The number of hydrogen-bond acceptors (Lipinski definition) is 6. The van der Waals surface area contributed by atoms with Gasteiger partial charge in [-0.05, 0) is 56.3 Å². The number of aryl methyl sites for hydroxylation is 1. The molecule has 0 spiro atoms. The van der Waals surface area contributed by atoms with Gasteiger partial charge in [-0.15, -0.1) is 0 Å². The van der Waals surface area contributed by atoms with Crippen LogP contribution in [-0.2, 0) is 34.7 Å². The van der Waals surface area contributed by atoms with E-state index in [0.29, 0.717) is 26.0 Å². The molecule has 0 radical (unpaired) electrons. The van der Waals surface area contributed by atoms with E-state index in [1.165, 1.54) is 0 Å². The molecule has 9 heteroatoms. The van der Waals surface area contributed by atoms with Gasteiger partial charge in [-0.2, -0.15) is 0 Å². The van der Waals surface area contributed by atoms with Gasteiger partial charge in [0.05, 0.1) is 6.61 Å². The fourth-order valence-electron chi connectivity index (χ4n) is 3.30. The number of amides is 2. The topological polar surface area (TPSA) is 106 Å². The lowest BCUT2D eigenvalue weighted by molar-refractivity contribution is -0.144. The SMILES string of the molecule is CCOC(=O)[C@H]1O[C@@H]1C(=O)N[C@@H](CCc1ccccc1)C(=O)NCCCCO[Si](C)(C)C(C)(C)C. The highest BCUT2D eigenvalue weighted by atomic mass is 28.4. The Morgan fingerprint density at radius 2 is 1.77 bits per heavy atom. The maximum Gasteiger partial charge on any atom is 0.338 e.